The van der Waals surface area contributed by atoms with Crippen molar-refractivity contribution in [1.82, 2.24) is 0 Å². The second kappa shape index (κ2) is 6.83. The zero-order chi connectivity index (χ0) is 18.9. The van der Waals surface area contributed by atoms with E-state index in [1.54, 1.807) is 0 Å². The predicted molar refractivity (Wildman–Crippen MR) is 98.9 cm³/mol. The van der Waals surface area contributed by atoms with E-state index in [9.17, 15) is 9.59 Å². The molecule has 0 saturated heterocycles. The van der Waals surface area contributed by atoms with Crippen LogP contribution in [-0.4, -0.2) is 33.2 Å². The molecule has 1 heterocycles. The Morgan fingerprint density at radius 2 is 1.69 bits per heavy atom. The molecule has 0 aliphatic carbocycles. The molecule has 2 aromatic carbocycles. The van der Waals surface area contributed by atoms with Crippen LogP contribution < -0.4 is 4.90 Å². The van der Waals surface area contributed by atoms with Gasteiger partial charge in [-0.15, -0.1) is 0 Å². The Morgan fingerprint density at radius 1 is 1.04 bits per heavy atom. The highest BCUT2D eigenvalue weighted by molar-refractivity contribution is 6.03. The van der Waals surface area contributed by atoms with Gasteiger partial charge in [0.15, 0.2) is 5.41 Å². The summed E-state index contributed by atoms with van der Waals surface area (Å²) in [5, 5.41) is 0. The van der Waals surface area contributed by atoms with E-state index in [2.05, 4.69) is 0 Å². The minimum Gasteiger partial charge on any atom is -0.468 e. The number of rotatable bonds is 3. The number of hydrogen-bond donors (Lipinski definition) is 0. The van der Waals surface area contributed by atoms with Crippen molar-refractivity contribution in [2.45, 2.75) is 19.4 Å². The van der Waals surface area contributed by atoms with Gasteiger partial charge in [0.1, 0.15) is 0 Å². The number of hydrogen-bond acceptors (Lipinski definition) is 5. The van der Waals surface area contributed by atoms with E-state index < -0.39 is 23.4 Å². The molecule has 5 nitrogen and oxygen atoms in total. The van der Waals surface area contributed by atoms with Crippen LogP contribution in [0.5, 0.6) is 0 Å². The molecule has 1 atom stereocenters. The van der Waals surface area contributed by atoms with Crippen LogP contribution in [0.4, 0.5) is 5.69 Å². The van der Waals surface area contributed by atoms with Crippen LogP contribution in [0, 0.1) is 12.3 Å². The Morgan fingerprint density at radius 3 is 2.31 bits per heavy atom. The van der Waals surface area contributed by atoms with Crippen molar-refractivity contribution in [1.29, 1.82) is 0 Å². The summed E-state index contributed by atoms with van der Waals surface area (Å²) < 4.78 is 10.2. The molecule has 1 aliphatic heterocycles. The Labute approximate surface area is 153 Å². The topological polar surface area (TPSA) is 55.8 Å². The largest absolute Gasteiger partial charge is 0.468 e. The van der Waals surface area contributed by atoms with E-state index in [4.69, 9.17) is 9.47 Å². The van der Waals surface area contributed by atoms with Crippen molar-refractivity contribution in [2.24, 2.45) is 5.41 Å². The molecule has 3 rings (SSSR count). The summed E-state index contributed by atoms with van der Waals surface area (Å²) in [6, 6.07) is 15.1. The maximum atomic E-state index is 13.0. The van der Waals surface area contributed by atoms with Crippen LogP contribution in [-0.2, 0) is 25.5 Å². The second-order valence-corrected chi connectivity index (χ2v) is 6.69. The maximum Gasteiger partial charge on any atom is 0.326 e. The lowest BCUT2D eigenvalue weighted by molar-refractivity contribution is -0.171. The van der Waals surface area contributed by atoms with Crippen molar-refractivity contribution < 1.29 is 19.1 Å². The summed E-state index contributed by atoms with van der Waals surface area (Å²) in [6.07, 6.45) is 0.228. The molecular formula is C21H23NO4. The molecule has 1 aliphatic rings. The number of fused-ring (bicyclic) bond motifs is 1. The predicted octanol–water partition coefficient (Wildman–Crippen LogP) is 3.06. The molecule has 2 aromatic rings. The Bertz CT molecular complexity index is 829. The highest BCUT2D eigenvalue weighted by Crippen LogP contribution is 2.50. The van der Waals surface area contributed by atoms with Gasteiger partial charge < -0.3 is 14.4 Å². The molecule has 0 bridgehead atoms. The Kier molecular flexibility index (Phi) is 4.72. The lowest BCUT2D eigenvalue weighted by Gasteiger charge is -2.46. The SMILES string of the molecule is COC(=O)C1(C(=O)OC)Cc2ccccc2N(C)C1c1cccc(C)c1. The van der Waals surface area contributed by atoms with E-state index in [0.717, 1.165) is 22.4 Å². The van der Waals surface area contributed by atoms with E-state index >= 15 is 0 Å². The second-order valence-electron chi connectivity index (χ2n) is 6.69. The number of aryl methyl sites for hydroxylation is 1. The zero-order valence-electron chi connectivity index (χ0n) is 15.5. The van der Waals surface area contributed by atoms with Gasteiger partial charge in [0.2, 0.25) is 0 Å². The van der Waals surface area contributed by atoms with Gasteiger partial charge in [0.05, 0.1) is 20.3 Å². The molecule has 0 spiro atoms. The van der Waals surface area contributed by atoms with Gasteiger partial charge in [-0.25, -0.2) is 0 Å². The molecular weight excluding hydrogens is 330 g/mol. The Hall–Kier alpha value is -2.82. The van der Waals surface area contributed by atoms with Gasteiger partial charge in [-0.05, 0) is 24.1 Å². The zero-order valence-corrected chi connectivity index (χ0v) is 15.5. The van der Waals surface area contributed by atoms with Crippen molar-refractivity contribution in [2.75, 3.05) is 26.2 Å². The maximum absolute atomic E-state index is 13.0. The summed E-state index contributed by atoms with van der Waals surface area (Å²) in [5.74, 6) is -1.17. The fourth-order valence-corrected chi connectivity index (χ4v) is 4.03. The molecule has 136 valence electrons. The normalized spacial score (nSPS) is 18.0. The fraction of sp³-hybridized carbons (Fsp3) is 0.333. The van der Waals surface area contributed by atoms with E-state index in [0.29, 0.717) is 0 Å². The number of para-hydroxylation sites is 1. The number of esters is 2. The average molecular weight is 353 g/mol. The quantitative estimate of drug-likeness (QED) is 0.627. The molecule has 5 heteroatoms. The number of anilines is 1. The van der Waals surface area contributed by atoms with Crippen LogP contribution in [0.3, 0.4) is 0 Å². The van der Waals surface area contributed by atoms with Crippen molar-refractivity contribution >= 4 is 17.6 Å². The van der Waals surface area contributed by atoms with Gasteiger partial charge in [0, 0.05) is 19.2 Å². The summed E-state index contributed by atoms with van der Waals surface area (Å²) in [4.78, 5) is 27.9. The molecule has 0 radical (unpaired) electrons. The van der Waals surface area contributed by atoms with Crippen LogP contribution in [0.15, 0.2) is 48.5 Å². The van der Waals surface area contributed by atoms with Gasteiger partial charge in [-0.1, -0.05) is 48.0 Å². The van der Waals surface area contributed by atoms with E-state index in [1.807, 2.05) is 67.4 Å². The van der Waals surface area contributed by atoms with Gasteiger partial charge >= 0.3 is 11.9 Å². The first-order valence-corrected chi connectivity index (χ1v) is 8.50. The van der Waals surface area contributed by atoms with Gasteiger partial charge in [0.25, 0.3) is 0 Å². The van der Waals surface area contributed by atoms with Gasteiger partial charge in [-0.3, -0.25) is 9.59 Å². The van der Waals surface area contributed by atoms with Crippen LogP contribution in [0.1, 0.15) is 22.7 Å². The number of methoxy groups -OCH3 is 2. The minimum absolute atomic E-state index is 0.228. The summed E-state index contributed by atoms with van der Waals surface area (Å²) >= 11 is 0. The third kappa shape index (κ3) is 2.64. The third-order valence-corrected chi connectivity index (χ3v) is 5.15. The Balaban J connectivity index is 2.30. The highest BCUT2D eigenvalue weighted by Gasteiger charge is 2.59. The van der Waals surface area contributed by atoms with Crippen LogP contribution in [0.25, 0.3) is 0 Å². The van der Waals surface area contributed by atoms with Crippen LogP contribution in [0.2, 0.25) is 0 Å². The van der Waals surface area contributed by atoms with E-state index in [-0.39, 0.29) is 6.42 Å². The van der Waals surface area contributed by atoms with Crippen molar-refractivity contribution in [3.63, 3.8) is 0 Å². The van der Waals surface area contributed by atoms with Crippen molar-refractivity contribution in [3.05, 3.63) is 65.2 Å². The summed E-state index contributed by atoms with van der Waals surface area (Å²) in [5.41, 5.74) is 2.36. The highest BCUT2D eigenvalue weighted by atomic mass is 16.5. The smallest absolute Gasteiger partial charge is 0.326 e. The standard InChI is InChI=1S/C21H23NO4/c1-14-8-7-10-15(12-14)18-21(19(23)25-3,20(24)26-4)13-16-9-5-6-11-17(16)22(18)2/h5-12,18H,13H2,1-4H3. The molecule has 0 fully saturated rings. The molecule has 1 unspecified atom stereocenters. The first kappa shape index (κ1) is 18.0. The number of ether oxygens (including phenoxy) is 2. The first-order valence-electron chi connectivity index (χ1n) is 8.50. The molecule has 0 N–H and O–H groups in total. The third-order valence-electron chi connectivity index (χ3n) is 5.15. The molecule has 26 heavy (non-hydrogen) atoms. The summed E-state index contributed by atoms with van der Waals surface area (Å²) in [6.45, 7) is 1.98. The van der Waals surface area contributed by atoms with Crippen LogP contribution >= 0.6 is 0 Å². The lowest BCUT2D eigenvalue weighted by Crippen LogP contribution is -2.55. The monoisotopic (exact) mass is 353 g/mol. The number of nitrogens with zero attached hydrogens (tertiary/aromatic N) is 1. The molecule has 0 aromatic heterocycles. The van der Waals surface area contributed by atoms with Crippen molar-refractivity contribution in [3.8, 4) is 0 Å². The minimum atomic E-state index is -1.47. The molecule has 0 saturated carbocycles. The number of carbonyl (C=O) groups excluding carboxylic acids is 2. The first-order chi connectivity index (χ1) is 12.5. The molecule has 0 amide bonds. The number of benzene rings is 2. The fourth-order valence-electron chi connectivity index (χ4n) is 4.03. The van der Waals surface area contributed by atoms with E-state index in [1.165, 1.54) is 14.2 Å². The lowest BCUT2D eigenvalue weighted by atomic mass is 9.68. The van der Waals surface area contributed by atoms with Gasteiger partial charge in [-0.2, -0.15) is 0 Å². The number of carbonyl (C=O) groups is 2. The average Bonchev–Trinajstić information content (AvgIpc) is 2.66. The summed E-state index contributed by atoms with van der Waals surface area (Å²) in [7, 11) is 4.51.